The van der Waals surface area contributed by atoms with Crippen LogP contribution in [-0.2, 0) is 9.31 Å². The molecule has 3 aromatic rings. The second kappa shape index (κ2) is 8.27. The van der Waals surface area contributed by atoms with Gasteiger partial charge in [0.1, 0.15) is 8.07 Å². The molecule has 0 spiro atoms. The Morgan fingerprint density at radius 2 is 1.06 bits per heavy atom. The lowest BCUT2D eigenvalue weighted by molar-refractivity contribution is 0.00578. The second-order valence-corrected chi connectivity index (χ2v) is 13.4. The average molecular weight is 426 g/mol. The average Bonchev–Trinajstić information content (AvgIpc) is 2.99. The van der Waals surface area contributed by atoms with Gasteiger partial charge < -0.3 is 9.31 Å². The molecule has 1 aliphatic rings. The molecule has 3 aromatic carbocycles. The highest BCUT2D eigenvalue weighted by molar-refractivity contribution is 7.14. The summed E-state index contributed by atoms with van der Waals surface area (Å²) in [6, 6.07) is 32.5. The lowest BCUT2D eigenvalue weighted by atomic mass is 9.89. The van der Waals surface area contributed by atoms with Crippen molar-refractivity contribution in [2.75, 3.05) is 0 Å². The molecule has 1 aliphatic heterocycles. The summed E-state index contributed by atoms with van der Waals surface area (Å²) in [4.78, 5) is 0. The molecule has 4 rings (SSSR count). The van der Waals surface area contributed by atoms with E-state index in [4.69, 9.17) is 9.31 Å². The first-order valence-electron chi connectivity index (χ1n) is 11.0. The lowest BCUT2D eigenvalue weighted by Crippen LogP contribution is -2.57. The highest BCUT2D eigenvalue weighted by Crippen LogP contribution is 2.38. The van der Waals surface area contributed by atoms with Crippen LogP contribution in [-0.4, -0.2) is 26.4 Å². The molecule has 0 atom stereocenters. The zero-order chi connectivity index (χ0) is 22.1. The maximum absolute atomic E-state index is 6.41. The smallest absolute Gasteiger partial charge is 0.400 e. The van der Waals surface area contributed by atoms with E-state index in [0.29, 0.717) is 0 Å². The van der Waals surface area contributed by atoms with E-state index in [9.17, 15) is 0 Å². The fraction of sp³-hybridized carbons (Fsp3) is 0.259. The van der Waals surface area contributed by atoms with Crippen molar-refractivity contribution < 1.29 is 9.31 Å². The summed E-state index contributed by atoms with van der Waals surface area (Å²) in [5, 5.41) is 4.05. The van der Waals surface area contributed by atoms with Crippen LogP contribution in [0, 0.1) is 0 Å². The van der Waals surface area contributed by atoms with E-state index in [-0.39, 0.29) is 18.3 Å². The zero-order valence-corrected chi connectivity index (χ0v) is 20.1. The van der Waals surface area contributed by atoms with Crippen molar-refractivity contribution in [2.45, 2.75) is 45.4 Å². The minimum atomic E-state index is -2.33. The number of rotatable bonds is 5. The molecule has 0 saturated carbocycles. The fourth-order valence-electron chi connectivity index (χ4n) is 4.28. The van der Waals surface area contributed by atoms with Crippen molar-refractivity contribution >= 4 is 30.8 Å². The third-order valence-corrected chi connectivity index (χ3v) is 11.4. The molecule has 1 saturated heterocycles. The van der Waals surface area contributed by atoms with Crippen LogP contribution < -0.4 is 10.4 Å². The maximum atomic E-state index is 6.41. The van der Waals surface area contributed by atoms with E-state index < -0.39 is 8.07 Å². The summed E-state index contributed by atoms with van der Waals surface area (Å²) in [5.74, 6) is 2.23. The minimum Gasteiger partial charge on any atom is -0.400 e. The first kappa shape index (κ1) is 21.8. The van der Waals surface area contributed by atoms with Crippen LogP contribution in [0.15, 0.2) is 97.0 Å². The predicted octanol–water partition coefficient (Wildman–Crippen LogP) is 5.13. The van der Waals surface area contributed by atoms with Crippen LogP contribution in [0.4, 0.5) is 0 Å². The summed E-state index contributed by atoms with van der Waals surface area (Å²) in [5.41, 5.74) is 0.486. The zero-order valence-electron chi connectivity index (χ0n) is 19.1. The Hall–Kier alpha value is -2.40. The molecule has 31 heavy (non-hydrogen) atoms. The normalized spacial score (nSPS) is 18.2. The maximum Gasteiger partial charge on any atom is 0.487 e. The highest BCUT2D eigenvalue weighted by atomic mass is 28.3. The Morgan fingerprint density at radius 3 is 1.48 bits per heavy atom. The number of hydrogen-bond donors (Lipinski definition) is 0. The Labute approximate surface area is 188 Å². The van der Waals surface area contributed by atoms with Crippen molar-refractivity contribution in [1.82, 2.24) is 0 Å². The van der Waals surface area contributed by atoms with E-state index >= 15 is 0 Å². The minimum absolute atomic E-state index is 0.368. The monoisotopic (exact) mass is 426 g/mol. The molecule has 1 fully saturated rings. The van der Waals surface area contributed by atoms with Gasteiger partial charge >= 0.3 is 7.12 Å². The van der Waals surface area contributed by atoms with Gasteiger partial charge in [0.05, 0.1) is 11.2 Å². The molecular formula is C27H31BO2Si. The second-order valence-electron chi connectivity index (χ2n) is 9.43. The van der Waals surface area contributed by atoms with Crippen molar-refractivity contribution in [1.29, 1.82) is 0 Å². The van der Waals surface area contributed by atoms with E-state index in [1.807, 2.05) is 0 Å². The highest BCUT2D eigenvalue weighted by Gasteiger charge is 2.51. The largest absolute Gasteiger partial charge is 0.487 e. The van der Waals surface area contributed by atoms with Gasteiger partial charge in [0.15, 0.2) is 0 Å². The summed E-state index contributed by atoms with van der Waals surface area (Å²) in [6.45, 7) is 10.9. The molecule has 1 heterocycles. The van der Waals surface area contributed by atoms with Crippen molar-refractivity contribution in [3.8, 4) is 0 Å². The quantitative estimate of drug-likeness (QED) is 0.527. The van der Waals surface area contributed by atoms with E-state index in [0.717, 1.165) is 0 Å². The van der Waals surface area contributed by atoms with Gasteiger partial charge in [-0.25, -0.2) is 0 Å². The van der Waals surface area contributed by atoms with Crippen LogP contribution in [0.2, 0.25) is 6.55 Å². The lowest BCUT2D eigenvalue weighted by Gasteiger charge is -2.32. The first-order valence-corrected chi connectivity index (χ1v) is 13.5. The van der Waals surface area contributed by atoms with Crippen molar-refractivity contribution in [3.05, 3.63) is 103 Å². The van der Waals surface area contributed by atoms with Crippen LogP contribution >= 0.6 is 0 Å². The Morgan fingerprint density at radius 1 is 0.677 bits per heavy atom. The van der Waals surface area contributed by atoms with Gasteiger partial charge in [0.25, 0.3) is 0 Å². The molecule has 0 unspecified atom stereocenters. The van der Waals surface area contributed by atoms with E-state index in [2.05, 4.69) is 131 Å². The van der Waals surface area contributed by atoms with Gasteiger partial charge in [-0.05, 0) is 48.8 Å². The van der Waals surface area contributed by atoms with Gasteiger partial charge in [0, 0.05) is 0 Å². The summed E-state index contributed by atoms with van der Waals surface area (Å²) >= 11 is 0. The van der Waals surface area contributed by atoms with Gasteiger partial charge in [-0.1, -0.05) is 104 Å². The third kappa shape index (κ3) is 4.08. The van der Waals surface area contributed by atoms with Gasteiger partial charge in [-0.3, -0.25) is 0 Å². The third-order valence-electron chi connectivity index (χ3n) is 6.90. The molecule has 0 bridgehead atoms. The Balaban J connectivity index is 1.93. The molecule has 0 aromatic heterocycles. The number of benzene rings is 3. The van der Waals surface area contributed by atoms with Crippen molar-refractivity contribution in [2.24, 2.45) is 0 Å². The summed E-state index contributed by atoms with van der Waals surface area (Å²) in [7, 11) is -2.72. The Kier molecular flexibility index (Phi) is 5.82. The van der Waals surface area contributed by atoms with E-state index in [1.165, 1.54) is 21.1 Å². The molecule has 158 valence electrons. The summed E-state index contributed by atoms with van der Waals surface area (Å²) < 4.78 is 12.8. The molecule has 0 N–H and O–H groups in total. The molecule has 0 aliphatic carbocycles. The van der Waals surface area contributed by atoms with Crippen molar-refractivity contribution in [3.63, 3.8) is 0 Å². The first-order chi connectivity index (χ1) is 14.7. The molecule has 2 nitrogen and oxygen atoms in total. The van der Waals surface area contributed by atoms with Crippen LogP contribution in [0.25, 0.3) is 5.20 Å². The molecule has 0 amide bonds. The van der Waals surface area contributed by atoms with Gasteiger partial charge in [-0.2, -0.15) is 0 Å². The Bertz CT molecular complexity index is 991. The molecular weight excluding hydrogens is 395 g/mol. The van der Waals surface area contributed by atoms with Crippen LogP contribution in [0.1, 0.15) is 33.3 Å². The van der Waals surface area contributed by atoms with Crippen LogP contribution in [0.5, 0.6) is 0 Å². The topological polar surface area (TPSA) is 18.5 Å². The van der Waals surface area contributed by atoms with E-state index in [1.54, 1.807) is 0 Å². The summed E-state index contributed by atoms with van der Waals surface area (Å²) in [6.07, 6.45) is 0. The predicted molar refractivity (Wildman–Crippen MR) is 134 cm³/mol. The molecule has 4 heteroatoms. The fourth-order valence-corrected chi connectivity index (χ4v) is 8.17. The number of hydrogen-bond acceptors (Lipinski definition) is 2. The van der Waals surface area contributed by atoms with Gasteiger partial charge in [-0.15, -0.1) is 0 Å². The van der Waals surface area contributed by atoms with Crippen LogP contribution in [0.3, 0.4) is 0 Å². The SMILES string of the molecule is CC1(C)OB(/C=C(/c2ccccc2)[Si](C)(c2ccccc2)c2ccccc2)OC1(C)C. The van der Waals surface area contributed by atoms with Gasteiger partial charge in [0.2, 0.25) is 0 Å². The molecule has 0 radical (unpaired) electrons. The standard InChI is InChI=1S/C27H31BO2Si/c1-26(2)27(3,4)30-28(29-26)21-25(22-15-9-6-10-16-22)31(5,23-17-11-7-12-18-23)24-19-13-8-14-20-24/h6-21H,1-5H3/b25-21-.